The molecule has 0 saturated heterocycles. The van der Waals surface area contributed by atoms with E-state index in [1.165, 1.54) is 18.2 Å². The van der Waals surface area contributed by atoms with Crippen molar-refractivity contribution >= 4 is 17.3 Å². The first kappa shape index (κ1) is 10.5. The van der Waals surface area contributed by atoms with E-state index in [0.717, 1.165) is 0 Å². The minimum absolute atomic E-state index is 0.0112. The standard InChI is InChI=1S/C9H11FN2O2/c10-7-2-1-6(5-8(7)11)12-9(14)3-4-13/h1-2,5,13H,3-4,11H2,(H,12,14). The summed E-state index contributed by atoms with van der Waals surface area (Å²) in [4.78, 5) is 11.0. The number of amides is 1. The molecule has 76 valence electrons. The van der Waals surface area contributed by atoms with E-state index in [2.05, 4.69) is 5.32 Å². The maximum absolute atomic E-state index is 12.7. The van der Waals surface area contributed by atoms with Crippen LogP contribution < -0.4 is 11.1 Å². The highest BCUT2D eigenvalue weighted by molar-refractivity contribution is 5.91. The molecule has 0 aliphatic heterocycles. The molecule has 0 atom stereocenters. The molecule has 0 heterocycles. The largest absolute Gasteiger partial charge is 0.396 e. The molecule has 4 nitrogen and oxygen atoms in total. The molecule has 1 amide bonds. The topological polar surface area (TPSA) is 75.3 Å². The Balaban J connectivity index is 2.68. The fourth-order valence-electron chi connectivity index (χ4n) is 0.947. The highest BCUT2D eigenvalue weighted by Gasteiger charge is 2.03. The zero-order valence-electron chi connectivity index (χ0n) is 7.46. The smallest absolute Gasteiger partial charge is 0.226 e. The van der Waals surface area contributed by atoms with E-state index in [9.17, 15) is 9.18 Å². The number of nitrogen functional groups attached to an aromatic ring is 1. The third-order valence-electron chi connectivity index (χ3n) is 1.62. The van der Waals surface area contributed by atoms with Crippen molar-refractivity contribution in [2.75, 3.05) is 17.7 Å². The van der Waals surface area contributed by atoms with E-state index in [0.29, 0.717) is 5.69 Å². The van der Waals surface area contributed by atoms with Crippen LogP contribution in [0.4, 0.5) is 15.8 Å². The highest BCUT2D eigenvalue weighted by Crippen LogP contribution is 2.16. The van der Waals surface area contributed by atoms with E-state index in [4.69, 9.17) is 10.8 Å². The summed E-state index contributed by atoms with van der Waals surface area (Å²) in [5, 5.41) is 10.9. The number of anilines is 2. The van der Waals surface area contributed by atoms with Gasteiger partial charge in [-0.3, -0.25) is 4.79 Å². The van der Waals surface area contributed by atoms with Crippen molar-refractivity contribution in [1.82, 2.24) is 0 Å². The fraction of sp³-hybridized carbons (Fsp3) is 0.222. The molecule has 0 saturated carbocycles. The van der Waals surface area contributed by atoms with Crippen LogP contribution in [0, 0.1) is 5.82 Å². The number of carbonyl (C=O) groups is 1. The van der Waals surface area contributed by atoms with Gasteiger partial charge in [-0.15, -0.1) is 0 Å². The second kappa shape index (κ2) is 4.57. The molecular formula is C9H11FN2O2. The van der Waals surface area contributed by atoms with Gasteiger partial charge in [-0.05, 0) is 18.2 Å². The van der Waals surface area contributed by atoms with Crippen LogP contribution in [0.25, 0.3) is 0 Å². The number of benzene rings is 1. The zero-order chi connectivity index (χ0) is 10.6. The average molecular weight is 198 g/mol. The van der Waals surface area contributed by atoms with Crippen molar-refractivity contribution in [3.8, 4) is 0 Å². The Kier molecular flexibility index (Phi) is 3.41. The maximum atomic E-state index is 12.7. The van der Waals surface area contributed by atoms with Crippen LogP contribution in [0.5, 0.6) is 0 Å². The fourth-order valence-corrected chi connectivity index (χ4v) is 0.947. The molecular weight excluding hydrogens is 187 g/mol. The normalized spacial score (nSPS) is 9.86. The van der Waals surface area contributed by atoms with E-state index >= 15 is 0 Å². The van der Waals surface area contributed by atoms with Gasteiger partial charge in [0, 0.05) is 5.69 Å². The Morgan fingerprint density at radius 3 is 2.86 bits per heavy atom. The van der Waals surface area contributed by atoms with Crippen molar-refractivity contribution in [1.29, 1.82) is 0 Å². The summed E-state index contributed by atoms with van der Waals surface area (Å²) in [5.74, 6) is -0.858. The Morgan fingerprint density at radius 1 is 1.57 bits per heavy atom. The second-order valence-electron chi connectivity index (χ2n) is 2.76. The first-order valence-electron chi connectivity index (χ1n) is 4.09. The minimum Gasteiger partial charge on any atom is -0.396 e. The van der Waals surface area contributed by atoms with Gasteiger partial charge in [0.2, 0.25) is 5.91 Å². The summed E-state index contributed by atoms with van der Waals surface area (Å²) in [6.07, 6.45) is 0.0112. The number of aliphatic hydroxyl groups excluding tert-OH is 1. The lowest BCUT2D eigenvalue weighted by Crippen LogP contribution is -2.13. The number of hydrogen-bond donors (Lipinski definition) is 3. The number of hydrogen-bond acceptors (Lipinski definition) is 3. The molecule has 0 aliphatic carbocycles. The number of carbonyl (C=O) groups excluding carboxylic acids is 1. The number of halogens is 1. The van der Waals surface area contributed by atoms with Crippen LogP contribution in [0.1, 0.15) is 6.42 Å². The predicted octanol–water partition coefficient (Wildman–Crippen LogP) is 0.729. The molecule has 0 fully saturated rings. The number of nitrogens with two attached hydrogens (primary N) is 1. The average Bonchev–Trinajstić information content (AvgIpc) is 2.12. The zero-order valence-corrected chi connectivity index (χ0v) is 7.46. The van der Waals surface area contributed by atoms with E-state index in [-0.39, 0.29) is 24.6 Å². The first-order valence-corrected chi connectivity index (χ1v) is 4.09. The van der Waals surface area contributed by atoms with Gasteiger partial charge in [-0.2, -0.15) is 0 Å². The minimum atomic E-state index is -0.523. The van der Waals surface area contributed by atoms with E-state index in [1.807, 2.05) is 0 Å². The van der Waals surface area contributed by atoms with Crippen LogP contribution in [0.15, 0.2) is 18.2 Å². The van der Waals surface area contributed by atoms with Crippen LogP contribution in [0.2, 0.25) is 0 Å². The van der Waals surface area contributed by atoms with Crippen molar-refractivity contribution in [2.24, 2.45) is 0 Å². The number of rotatable bonds is 3. The highest BCUT2D eigenvalue weighted by atomic mass is 19.1. The van der Waals surface area contributed by atoms with Crippen molar-refractivity contribution in [3.63, 3.8) is 0 Å². The molecule has 0 aliphatic rings. The lowest BCUT2D eigenvalue weighted by Gasteiger charge is -2.05. The summed E-state index contributed by atoms with van der Waals surface area (Å²) < 4.78 is 12.7. The van der Waals surface area contributed by atoms with Gasteiger partial charge in [0.25, 0.3) is 0 Å². The van der Waals surface area contributed by atoms with Gasteiger partial charge < -0.3 is 16.2 Å². The Labute approximate surface area is 80.5 Å². The molecule has 0 unspecified atom stereocenters. The van der Waals surface area contributed by atoms with Gasteiger partial charge in [0.1, 0.15) is 5.82 Å². The first-order chi connectivity index (χ1) is 6.63. The Bertz CT molecular complexity index is 342. The molecule has 14 heavy (non-hydrogen) atoms. The Morgan fingerprint density at radius 2 is 2.29 bits per heavy atom. The number of nitrogens with one attached hydrogen (secondary N) is 1. The van der Waals surface area contributed by atoms with E-state index < -0.39 is 5.82 Å². The van der Waals surface area contributed by atoms with Gasteiger partial charge >= 0.3 is 0 Å². The molecule has 0 spiro atoms. The monoisotopic (exact) mass is 198 g/mol. The van der Waals surface area contributed by atoms with Crippen molar-refractivity contribution in [3.05, 3.63) is 24.0 Å². The van der Waals surface area contributed by atoms with Crippen LogP contribution in [0.3, 0.4) is 0 Å². The van der Waals surface area contributed by atoms with Gasteiger partial charge in [-0.25, -0.2) is 4.39 Å². The molecule has 0 radical (unpaired) electrons. The lowest BCUT2D eigenvalue weighted by atomic mass is 10.2. The van der Waals surface area contributed by atoms with Crippen LogP contribution in [-0.4, -0.2) is 17.6 Å². The summed E-state index contributed by atoms with van der Waals surface area (Å²) in [6, 6.07) is 3.90. The second-order valence-corrected chi connectivity index (χ2v) is 2.76. The third kappa shape index (κ3) is 2.70. The summed E-state index contributed by atoms with van der Waals surface area (Å²) in [7, 11) is 0. The molecule has 0 bridgehead atoms. The van der Waals surface area contributed by atoms with E-state index in [1.54, 1.807) is 0 Å². The summed E-state index contributed by atoms with van der Waals surface area (Å²) >= 11 is 0. The van der Waals surface area contributed by atoms with Gasteiger partial charge in [0.05, 0.1) is 18.7 Å². The molecule has 4 N–H and O–H groups in total. The van der Waals surface area contributed by atoms with Crippen molar-refractivity contribution < 1.29 is 14.3 Å². The summed E-state index contributed by atoms with van der Waals surface area (Å²) in [5.41, 5.74) is 5.69. The van der Waals surface area contributed by atoms with Crippen LogP contribution in [-0.2, 0) is 4.79 Å². The molecule has 5 heteroatoms. The van der Waals surface area contributed by atoms with Crippen molar-refractivity contribution in [2.45, 2.75) is 6.42 Å². The quantitative estimate of drug-likeness (QED) is 0.627. The molecule has 1 rings (SSSR count). The molecule has 1 aromatic rings. The van der Waals surface area contributed by atoms with Gasteiger partial charge in [0.15, 0.2) is 0 Å². The van der Waals surface area contributed by atoms with Crippen LogP contribution >= 0.6 is 0 Å². The maximum Gasteiger partial charge on any atom is 0.226 e. The molecule has 0 aromatic heterocycles. The van der Waals surface area contributed by atoms with Gasteiger partial charge in [-0.1, -0.05) is 0 Å². The predicted molar refractivity (Wildman–Crippen MR) is 51.1 cm³/mol. The summed E-state index contributed by atoms with van der Waals surface area (Å²) in [6.45, 7) is -0.220. The third-order valence-corrected chi connectivity index (χ3v) is 1.62. The Hall–Kier alpha value is -1.62. The lowest BCUT2D eigenvalue weighted by molar-refractivity contribution is -0.116. The number of aliphatic hydroxyl groups is 1. The SMILES string of the molecule is Nc1cc(NC(=O)CCO)ccc1F. The molecule has 1 aromatic carbocycles.